The van der Waals surface area contributed by atoms with Crippen LogP contribution in [0.4, 0.5) is 17.1 Å². The van der Waals surface area contributed by atoms with E-state index in [9.17, 15) is 0 Å². The average molecular weight is 508 g/mol. The largest absolute Gasteiger partial charge is 0.372 e. The summed E-state index contributed by atoms with van der Waals surface area (Å²) in [6.07, 6.45) is 0. The smallest absolute Gasteiger partial charge is 0.311 e. The van der Waals surface area contributed by atoms with Crippen LogP contribution >= 0.6 is 55.4 Å². The Bertz CT molecular complexity index is 833. The number of benzene rings is 3. The van der Waals surface area contributed by atoms with E-state index in [0.717, 1.165) is 22.2 Å². The minimum absolute atomic E-state index is 0.700. The molecule has 0 amide bonds. The second-order valence-corrected chi connectivity index (χ2v) is 18.2. The molecule has 0 spiro atoms. The number of anilines is 3. The number of rotatable bonds is 6. The van der Waals surface area contributed by atoms with Gasteiger partial charge >= 0.3 is 6.00 Å². The first-order valence-corrected chi connectivity index (χ1v) is 18.9. The first-order chi connectivity index (χ1) is 12.9. The molecule has 140 valence electrons. The molecule has 9 heteroatoms. The van der Waals surface area contributed by atoms with Crippen molar-refractivity contribution in [1.29, 1.82) is 0 Å². The van der Waals surface area contributed by atoms with Crippen LogP contribution in [-0.2, 0) is 0 Å². The molecule has 0 saturated heterocycles. The van der Waals surface area contributed by atoms with Gasteiger partial charge in [0.2, 0.25) is 0 Å². The predicted molar refractivity (Wildman–Crippen MR) is 132 cm³/mol. The van der Waals surface area contributed by atoms with Gasteiger partial charge in [-0.25, -0.2) is 0 Å². The van der Waals surface area contributed by atoms with Crippen molar-refractivity contribution in [3.8, 4) is 0 Å². The lowest BCUT2D eigenvalue weighted by Crippen LogP contribution is -2.29. The van der Waals surface area contributed by atoms with Crippen LogP contribution in [0.1, 0.15) is 0 Å². The summed E-state index contributed by atoms with van der Waals surface area (Å²) < 4.78 is 0. The molecule has 0 radical (unpaired) electrons. The third-order valence-corrected chi connectivity index (χ3v) is 10.5. The number of hydrogen-bond acceptors (Lipinski definition) is 1. The molecule has 0 fully saturated rings. The SMILES string of the molecule is Cl[SiH2]c1ccc(N(c2ccc([SiH2]Cl)cc2)c2ccc([Si](Cl)(Cl)Cl)cc2)cc1. The van der Waals surface area contributed by atoms with Gasteiger partial charge in [0, 0.05) is 17.1 Å². The number of halogens is 5. The maximum absolute atomic E-state index is 6.13. The van der Waals surface area contributed by atoms with Crippen molar-refractivity contribution in [2.75, 3.05) is 4.90 Å². The quantitative estimate of drug-likeness (QED) is 0.361. The Balaban J connectivity index is 2.05. The second kappa shape index (κ2) is 9.37. The second-order valence-electron chi connectivity index (χ2n) is 5.98. The molecule has 0 aromatic heterocycles. The van der Waals surface area contributed by atoms with E-state index in [-0.39, 0.29) is 0 Å². The summed E-state index contributed by atoms with van der Waals surface area (Å²) in [6, 6.07) is 21.6. The van der Waals surface area contributed by atoms with Gasteiger partial charge in [-0.3, -0.25) is 0 Å². The zero-order valence-corrected chi connectivity index (χ0v) is 21.8. The fourth-order valence-corrected chi connectivity index (χ4v) is 6.29. The Hall–Kier alpha value is -0.439. The maximum atomic E-state index is 6.13. The lowest BCUT2D eigenvalue weighted by atomic mass is 10.2. The maximum Gasteiger partial charge on any atom is 0.372 e. The molecule has 0 N–H and O–H groups in total. The number of hydrogen-bond donors (Lipinski definition) is 0. The summed E-state index contributed by atoms with van der Waals surface area (Å²) in [5, 5.41) is 3.19. The first-order valence-electron chi connectivity index (χ1n) is 8.19. The summed E-state index contributed by atoms with van der Waals surface area (Å²) in [6.45, 7) is 0. The van der Waals surface area contributed by atoms with Gasteiger partial charge in [0.25, 0.3) is 0 Å². The predicted octanol–water partition coefficient (Wildman–Crippen LogP) is 3.91. The van der Waals surface area contributed by atoms with Crippen LogP contribution in [0, 0.1) is 0 Å². The van der Waals surface area contributed by atoms with Crippen LogP contribution < -0.4 is 20.5 Å². The highest BCUT2D eigenvalue weighted by molar-refractivity contribution is 7.69. The summed E-state index contributed by atoms with van der Waals surface area (Å²) in [5.74, 6) is 0. The van der Waals surface area contributed by atoms with Crippen molar-refractivity contribution >= 4 is 112 Å². The van der Waals surface area contributed by atoms with Gasteiger partial charge in [-0.05, 0) is 52.0 Å². The van der Waals surface area contributed by atoms with Gasteiger partial charge in [0.15, 0.2) is 17.7 Å². The van der Waals surface area contributed by atoms with Crippen LogP contribution in [-0.4, -0.2) is 23.7 Å². The molecule has 0 atom stereocenters. The Labute approximate surface area is 188 Å². The van der Waals surface area contributed by atoms with Crippen molar-refractivity contribution in [1.82, 2.24) is 0 Å². The topological polar surface area (TPSA) is 3.24 Å². The van der Waals surface area contributed by atoms with Crippen LogP contribution in [0.15, 0.2) is 72.8 Å². The molecular weight excluding hydrogens is 492 g/mol. The zero-order chi connectivity index (χ0) is 19.4. The normalized spacial score (nSPS) is 12.3. The van der Waals surface area contributed by atoms with Crippen molar-refractivity contribution in [2.24, 2.45) is 0 Å². The third-order valence-electron chi connectivity index (χ3n) is 4.15. The molecule has 0 bridgehead atoms. The van der Waals surface area contributed by atoms with E-state index in [2.05, 4.69) is 53.4 Å². The molecule has 0 heterocycles. The van der Waals surface area contributed by atoms with Crippen molar-refractivity contribution in [3.63, 3.8) is 0 Å². The van der Waals surface area contributed by atoms with Gasteiger partial charge in [0.1, 0.15) is 0 Å². The summed E-state index contributed by atoms with van der Waals surface area (Å²) in [7, 11) is -1.40. The van der Waals surface area contributed by atoms with Crippen LogP contribution in [0.5, 0.6) is 0 Å². The zero-order valence-electron chi connectivity index (χ0n) is 14.2. The highest BCUT2D eigenvalue weighted by Gasteiger charge is 2.28. The molecule has 1 nitrogen and oxygen atoms in total. The lowest BCUT2D eigenvalue weighted by molar-refractivity contribution is 1.29. The molecule has 3 aromatic carbocycles. The van der Waals surface area contributed by atoms with Crippen molar-refractivity contribution < 1.29 is 0 Å². The fraction of sp³-hybridized carbons (Fsp3) is 0. The average Bonchev–Trinajstić information content (AvgIpc) is 2.69. The molecule has 3 rings (SSSR count). The van der Waals surface area contributed by atoms with Gasteiger partial charge in [-0.1, -0.05) is 36.4 Å². The first kappa shape index (κ1) is 21.3. The van der Waals surface area contributed by atoms with E-state index < -0.39 is 23.7 Å². The lowest BCUT2D eigenvalue weighted by Gasteiger charge is -2.26. The monoisotopic (exact) mass is 505 g/mol. The fourth-order valence-electron chi connectivity index (χ4n) is 2.71. The summed E-state index contributed by atoms with van der Waals surface area (Å²) in [5.41, 5.74) is 3.09. The summed E-state index contributed by atoms with van der Waals surface area (Å²) >= 11 is 30.5. The van der Waals surface area contributed by atoms with Crippen LogP contribution in [0.3, 0.4) is 0 Å². The van der Waals surface area contributed by atoms with E-state index in [1.807, 2.05) is 24.3 Å². The Morgan fingerprint density at radius 3 is 1.19 bits per heavy atom. The standard InChI is InChI=1S/C18H16Cl5NSi3/c19-25-16-7-1-13(2-8-16)24(14-3-9-17(26-20)10-4-14)15-5-11-18(12-6-15)27(21,22)23/h1-12H,25-26H2. The van der Waals surface area contributed by atoms with E-state index in [4.69, 9.17) is 55.4 Å². The van der Waals surface area contributed by atoms with E-state index in [0.29, 0.717) is 0 Å². The molecular formula is C18H16Cl5NSi3. The van der Waals surface area contributed by atoms with Gasteiger partial charge < -0.3 is 4.90 Å². The Morgan fingerprint density at radius 1 is 0.556 bits per heavy atom. The van der Waals surface area contributed by atoms with Crippen molar-refractivity contribution in [2.45, 2.75) is 0 Å². The van der Waals surface area contributed by atoms with Crippen LogP contribution in [0.2, 0.25) is 0 Å². The summed E-state index contributed by atoms with van der Waals surface area (Å²) in [4.78, 5) is 2.17. The molecule has 0 aliphatic carbocycles. The molecule has 0 saturated carbocycles. The molecule has 0 aliphatic heterocycles. The number of nitrogens with zero attached hydrogens (tertiary/aromatic N) is 1. The Morgan fingerprint density at radius 2 is 0.889 bits per heavy atom. The van der Waals surface area contributed by atoms with Gasteiger partial charge in [-0.15, -0.1) is 33.2 Å². The van der Waals surface area contributed by atoms with Crippen molar-refractivity contribution in [3.05, 3.63) is 72.8 Å². The molecule has 27 heavy (non-hydrogen) atoms. The minimum Gasteiger partial charge on any atom is -0.311 e. The minimum atomic E-state index is -2.90. The third kappa shape index (κ3) is 5.34. The van der Waals surface area contributed by atoms with Crippen LogP contribution in [0.25, 0.3) is 0 Å². The van der Waals surface area contributed by atoms with Gasteiger partial charge in [-0.2, -0.15) is 22.2 Å². The van der Waals surface area contributed by atoms with E-state index in [1.165, 1.54) is 10.4 Å². The highest BCUT2D eigenvalue weighted by Crippen LogP contribution is 2.33. The van der Waals surface area contributed by atoms with E-state index in [1.54, 1.807) is 0 Å². The van der Waals surface area contributed by atoms with E-state index >= 15 is 0 Å². The molecule has 0 aliphatic rings. The Kier molecular flexibility index (Phi) is 7.38. The highest BCUT2D eigenvalue weighted by atomic mass is 35.8. The van der Waals surface area contributed by atoms with Gasteiger partial charge in [0.05, 0.1) is 0 Å². The molecule has 3 aromatic rings. The molecule has 0 unspecified atom stereocenters.